The molecule has 0 saturated carbocycles. The molecule has 1 aromatic heterocycles. The molecule has 0 aliphatic carbocycles. The fraction of sp³-hybridized carbons (Fsp3) is 0.889. The first-order valence-corrected chi connectivity index (χ1v) is 5.05. The molecule has 1 rings (SSSR count). The normalized spacial score (nSPS) is 13.2. The molecule has 0 amide bonds. The largest absolute Gasteiger partial charge is 0.229 e. The molecule has 0 aromatic carbocycles. The highest BCUT2D eigenvalue weighted by atomic mass is 15.5. The Morgan fingerprint density at radius 1 is 1.38 bits per heavy atom. The number of aryl methyl sites for hydroxylation is 1. The third-order valence-corrected chi connectivity index (χ3v) is 2.34. The first-order chi connectivity index (χ1) is 6.29. The summed E-state index contributed by atoms with van der Waals surface area (Å²) in [6, 6.07) is 0. The molecule has 1 heterocycles. The van der Waals surface area contributed by atoms with Crippen molar-refractivity contribution in [1.29, 1.82) is 0 Å². The molecule has 0 radical (unpaired) electrons. The molecule has 0 spiro atoms. The Bertz CT molecular complexity index is 244. The topological polar surface area (TPSA) is 43.6 Å². The zero-order valence-corrected chi connectivity index (χ0v) is 8.69. The molecule has 13 heavy (non-hydrogen) atoms. The molecule has 1 atom stereocenters. The highest BCUT2D eigenvalue weighted by Gasteiger charge is 2.11. The van der Waals surface area contributed by atoms with Crippen LogP contribution in [0.3, 0.4) is 0 Å². The van der Waals surface area contributed by atoms with Crippen LogP contribution in [0.5, 0.6) is 0 Å². The molecular formula is C9H18N4. The van der Waals surface area contributed by atoms with Crippen LogP contribution < -0.4 is 0 Å². The Kier molecular flexibility index (Phi) is 3.86. The van der Waals surface area contributed by atoms with Gasteiger partial charge in [0, 0.05) is 12.5 Å². The van der Waals surface area contributed by atoms with Gasteiger partial charge in [-0.2, -0.15) is 0 Å². The standard InChI is InChI=1S/C9H18N4/c1-4-6-7-13-9(8(3)5-2)10-11-12-13/h8H,4-7H2,1-3H3. The zero-order chi connectivity index (χ0) is 9.68. The monoisotopic (exact) mass is 182 g/mol. The molecule has 0 N–H and O–H groups in total. The minimum atomic E-state index is 0.465. The van der Waals surface area contributed by atoms with Gasteiger partial charge in [0.2, 0.25) is 0 Å². The molecule has 0 bridgehead atoms. The number of rotatable bonds is 5. The van der Waals surface area contributed by atoms with E-state index in [1.54, 1.807) is 0 Å². The lowest BCUT2D eigenvalue weighted by Crippen LogP contribution is -2.08. The van der Waals surface area contributed by atoms with E-state index in [9.17, 15) is 0 Å². The van der Waals surface area contributed by atoms with Crippen LogP contribution in [0.1, 0.15) is 51.8 Å². The number of aromatic nitrogens is 4. The maximum atomic E-state index is 4.04. The van der Waals surface area contributed by atoms with Crippen LogP contribution in [-0.4, -0.2) is 20.2 Å². The highest BCUT2D eigenvalue weighted by Crippen LogP contribution is 2.14. The summed E-state index contributed by atoms with van der Waals surface area (Å²) < 4.78 is 1.93. The maximum absolute atomic E-state index is 4.04. The number of hydrogen-bond donors (Lipinski definition) is 0. The summed E-state index contributed by atoms with van der Waals surface area (Å²) >= 11 is 0. The predicted molar refractivity (Wildman–Crippen MR) is 51.4 cm³/mol. The number of tetrazole rings is 1. The summed E-state index contributed by atoms with van der Waals surface area (Å²) in [6.07, 6.45) is 3.42. The van der Waals surface area contributed by atoms with E-state index < -0.39 is 0 Å². The highest BCUT2D eigenvalue weighted by molar-refractivity contribution is 4.89. The van der Waals surface area contributed by atoms with Gasteiger partial charge in [0.1, 0.15) is 0 Å². The lowest BCUT2D eigenvalue weighted by atomic mass is 10.1. The van der Waals surface area contributed by atoms with Gasteiger partial charge in [0.05, 0.1) is 0 Å². The van der Waals surface area contributed by atoms with Gasteiger partial charge >= 0.3 is 0 Å². The molecule has 0 fully saturated rings. The molecule has 4 heteroatoms. The Balaban J connectivity index is 2.65. The Morgan fingerprint density at radius 2 is 2.15 bits per heavy atom. The zero-order valence-electron chi connectivity index (χ0n) is 8.69. The Labute approximate surface area is 79.3 Å². The van der Waals surface area contributed by atoms with Crippen LogP contribution in [0.15, 0.2) is 0 Å². The summed E-state index contributed by atoms with van der Waals surface area (Å²) in [4.78, 5) is 0. The van der Waals surface area contributed by atoms with Gasteiger partial charge in [-0.15, -0.1) is 5.10 Å². The van der Waals surface area contributed by atoms with E-state index in [4.69, 9.17) is 0 Å². The molecule has 1 aromatic rings. The van der Waals surface area contributed by atoms with Gasteiger partial charge < -0.3 is 0 Å². The van der Waals surface area contributed by atoms with Crippen molar-refractivity contribution in [2.45, 2.75) is 52.5 Å². The van der Waals surface area contributed by atoms with Crippen molar-refractivity contribution in [1.82, 2.24) is 20.2 Å². The van der Waals surface area contributed by atoms with Crippen LogP contribution in [0.25, 0.3) is 0 Å². The second-order valence-corrected chi connectivity index (χ2v) is 3.42. The van der Waals surface area contributed by atoms with E-state index in [0.717, 1.165) is 25.2 Å². The summed E-state index contributed by atoms with van der Waals surface area (Å²) in [5.41, 5.74) is 0. The van der Waals surface area contributed by atoms with Crippen LogP contribution in [0.4, 0.5) is 0 Å². The maximum Gasteiger partial charge on any atom is 0.154 e. The molecule has 1 unspecified atom stereocenters. The molecule has 0 aliphatic heterocycles. The predicted octanol–water partition coefficient (Wildman–Crippen LogP) is 1.99. The van der Waals surface area contributed by atoms with Crippen molar-refractivity contribution in [2.24, 2.45) is 0 Å². The van der Waals surface area contributed by atoms with E-state index >= 15 is 0 Å². The van der Waals surface area contributed by atoms with E-state index in [0.29, 0.717) is 5.92 Å². The first-order valence-electron chi connectivity index (χ1n) is 5.05. The second-order valence-electron chi connectivity index (χ2n) is 3.42. The molecule has 0 saturated heterocycles. The van der Waals surface area contributed by atoms with E-state index in [1.807, 2.05) is 4.68 Å². The van der Waals surface area contributed by atoms with Crippen molar-refractivity contribution >= 4 is 0 Å². The van der Waals surface area contributed by atoms with Crippen molar-refractivity contribution in [3.05, 3.63) is 5.82 Å². The van der Waals surface area contributed by atoms with Crippen molar-refractivity contribution in [2.75, 3.05) is 0 Å². The lowest BCUT2D eigenvalue weighted by Gasteiger charge is -2.07. The quantitative estimate of drug-likeness (QED) is 0.699. The Hall–Kier alpha value is -0.930. The van der Waals surface area contributed by atoms with Gasteiger partial charge in [0.15, 0.2) is 5.82 Å². The minimum Gasteiger partial charge on any atom is -0.229 e. The fourth-order valence-electron chi connectivity index (χ4n) is 1.21. The Morgan fingerprint density at radius 3 is 2.77 bits per heavy atom. The SMILES string of the molecule is CCCCn1nnnc1C(C)CC. The smallest absolute Gasteiger partial charge is 0.154 e. The van der Waals surface area contributed by atoms with Crippen LogP contribution >= 0.6 is 0 Å². The van der Waals surface area contributed by atoms with Crippen LogP contribution in [-0.2, 0) is 6.54 Å². The summed E-state index contributed by atoms with van der Waals surface area (Å²) in [5.74, 6) is 1.49. The molecule has 0 aliphatic rings. The second kappa shape index (κ2) is 4.94. The number of hydrogen-bond acceptors (Lipinski definition) is 3. The number of unbranched alkanes of at least 4 members (excludes halogenated alkanes) is 1. The van der Waals surface area contributed by atoms with Gasteiger partial charge in [0.25, 0.3) is 0 Å². The van der Waals surface area contributed by atoms with E-state index in [-0.39, 0.29) is 0 Å². The van der Waals surface area contributed by atoms with Crippen LogP contribution in [0.2, 0.25) is 0 Å². The van der Waals surface area contributed by atoms with Gasteiger partial charge in [-0.25, -0.2) is 4.68 Å². The van der Waals surface area contributed by atoms with Crippen molar-refractivity contribution < 1.29 is 0 Å². The van der Waals surface area contributed by atoms with Gasteiger partial charge in [-0.05, 0) is 23.3 Å². The van der Waals surface area contributed by atoms with Gasteiger partial charge in [-0.3, -0.25) is 0 Å². The third kappa shape index (κ3) is 2.50. The number of nitrogens with zero attached hydrogens (tertiary/aromatic N) is 4. The molecule has 4 nitrogen and oxygen atoms in total. The fourth-order valence-corrected chi connectivity index (χ4v) is 1.21. The van der Waals surface area contributed by atoms with Crippen LogP contribution in [0, 0.1) is 0 Å². The molecular weight excluding hydrogens is 164 g/mol. The first kappa shape index (κ1) is 10.2. The minimum absolute atomic E-state index is 0.465. The molecule has 74 valence electrons. The summed E-state index contributed by atoms with van der Waals surface area (Å²) in [6.45, 7) is 7.44. The average molecular weight is 182 g/mol. The van der Waals surface area contributed by atoms with E-state index in [1.165, 1.54) is 6.42 Å². The lowest BCUT2D eigenvalue weighted by molar-refractivity contribution is 0.509. The van der Waals surface area contributed by atoms with Gasteiger partial charge in [-0.1, -0.05) is 27.2 Å². The summed E-state index contributed by atoms with van der Waals surface area (Å²) in [7, 11) is 0. The average Bonchev–Trinajstić information content (AvgIpc) is 2.61. The third-order valence-electron chi connectivity index (χ3n) is 2.34. The van der Waals surface area contributed by atoms with Crippen molar-refractivity contribution in [3.8, 4) is 0 Å². The van der Waals surface area contributed by atoms with E-state index in [2.05, 4.69) is 36.3 Å². The van der Waals surface area contributed by atoms with Crippen molar-refractivity contribution in [3.63, 3.8) is 0 Å². The summed E-state index contributed by atoms with van der Waals surface area (Å²) in [5, 5.41) is 11.7.